The molecule has 0 aromatic rings. The van der Waals surface area contributed by atoms with Gasteiger partial charge in [0.1, 0.15) is 5.78 Å². The second-order valence-electron chi connectivity index (χ2n) is 7.21. The highest BCUT2D eigenvalue weighted by atomic mass is 16.1. The second-order valence-corrected chi connectivity index (χ2v) is 7.21. The molecule has 0 aliphatic heterocycles. The van der Waals surface area contributed by atoms with Crippen LogP contribution < -0.4 is 0 Å². The monoisotopic (exact) mass is 266 g/mol. The largest absolute Gasteiger partial charge is 0.299 e. The van der Waals surface area contributed by atoms with Crippen molar-refractivity contribution in [2.75, 3.05) is 0 Å². The van der Waals surface area contributed by atoms with E-state index in [9.17, 15) is 4.79 Å². The Balaban J connectivity index is 2.24. The van der Waals surface area contributed by atoms with Gasteiger partial charge in [0.05, 0.1) is 0 Å². The fourth-order valence-electron chi connectivity index (χ4n) is 3.25. The predicted molar refractivity (Wildman–Crippen MR) is 83.2 cm³/mol. The average molecular weight is 266 g/mol. The Labute approximate surface area is 120 Å². The molecule has 1 saturated carbocycles. The quantitative estimate of drug-likeness (QED) is 0.557. The van der Waals surface area contributed by atoms with E-state index >= 15 is 0 Å². The van der Waals surface area contributed by atoms with Gasteiger partial charge in [-0.05, 0) is 37.0 Å². The molecule has 0 amide bonds. The van der Waals surface area contributed by atoms with Crippen LogP contribution in [-0.2, 0) is 4.79 Å². The maximum Gasteiger partial charge on any atom is 0.135 e. The molecular weight excluding hydrogens is 232 g/mol. The molecule has 0 N–H and O–H groups in total. The molecule has 0 aromatic heterocycles. The standard InChI is InChI=1S/C18H34O/c1-5-16(9-6-14(2)3)10-13-18(19)17-11-7-15(4)8-12-17/h14-17H,5-13H2,1-4H3. The van der Waals surface area contributed by atoms with Crippen molar-refractivity contribution in [1.82, 2.24) is 0 Å². The maximum absolute atomic E-state index is 12.3. The molecule has 1 rings (SSSR count). The lowest BCUT2D eigenvalue weighted by atomic mass is 9.79. The lowest BCUT2D eigenvalue weighted by Gasteiger charge is -2.25. The van der Waals surface area contributed by atoms with E-state index in [-0.39, 0.29) is 0 Å². The van der Waals surface area contributed by atoms with Gasteiger partial charge >= 0.3 is 0 Å². The van der Waals surface area contributed by atoms with Crippen LogP contribution in [0.2, 0.25) is 0 Å². The predicted octanol–water partition coefficient (Wildman–Crippen LogP) is 5.62. The number of carbonyl (C=O) groups is 1. The van der Waals surface area contributed by atoms with Crippen LogP contribution in [0.3, 0.4) is 0 Å². The van der Waals surface area contributed by atoms with Gasteiger partial charge in [-0.25, -0.2) is 0 Å². The van der Waals surface area contributed by atoms with Crippen molar-refractivity contribution in [1.29, 1.82) is 0 Å². The average Bonchev–Trinajstić information content (AvgIpc) is 2.39. The third kappa shape index (κ3) is 6.58. The Bertz CT molecular complexity index is 248. The Morgan fingerprint density at radius 2 is 1.68 bits per heavy atom. The normalized spacial score (nSPS) is 25.5. The van der Waals surface area contributed by atoms with Crippen LogP contribution in [0.25, 0.3) is 0 Å². The van der Waals surface area contributed by atoms with Gasteiger partial charge < -0.3 is 0 Å². The minimum Gasteiger partial charge on any atom is -0.299 e. The molecule has 1 nitrogen and oxygen atoms in total. The van der Waals surface area contributed by atoms with Gasteiger partial charge in [-0.15, -0.1) is 0 Å². The van der Waals surface area contributed by atoms with Crippen LogP contribution in [0.1, 0.15) is 85.5 Å². The first-order valence-corrected chi connectivity index (χ1v) is 8.55. The zero-order chi connectivity index (χ0) is 14.3. The van der Waals surface area contributed by atoms with Gasteiger partial charge in [-0.2, -0.15) is 0 Å². The minimum atomic E-state index is 0.402. The van der Waals surface area contributed by atoms with Gasteiger partial charge in [0.15, 0.2) is 0 Å². The van der Waals surface area contributed by atoms with E-state index in [4.69, 9.17) is 0 Å². The zero-order valence-electron chi connectivity index (χ0n) is 13.6. The maximum atomic E-state index is 12.3. The van der Waals surface area contributed by atoms with E-state index in [0.29, 0.717) is 11.7 Å². The number of ketones is 1. The SMILES string of the molecule is CCC(CCC(=O)C1CCC(C)CC1)CCC(C)C. The summed E-state index contributed by atoms with van der Waals surface area (Å²) in [6.07, 6.45) is 10.7. The summed E-state index contributed by atoms with van der Waals surface area (Å²) in [7, 11) is 0. The van der Waals surface area contributed by atoms with E-state index in [1.807, 2.05) is 0 Å². The number of hydrogen-bond acceptors (Lipinski definition) is 1. The van der Waals surface area contributed by atoms with Crippen molar-refractivity contribution >= 4 is 5.78 Å². The molecule has 1 atom stereocenters. The third-order valence-electron chi connectivity index (χ3n) is 5.00. The molecule has 0 saturated heterocycles. The van der Waals surface area contributed by atoms with E-state index in [1.165, 1.54) is 32.1 Å². The van der Waals surface area contributed by atoms with Crippen LogP contribution >= 0.6 is 0 Å². The van der Waals surface area contributed by atoms with Gasteiger partial charge in [0.25, 0.3) is 0 Å². The molecule has 1 aliphatic carbocycles. The summed E-state index contributed by atoms with van der Waals surface area (Å²) in [6.45, 7) is 9.18. The fraction of sp³-hybridized carbons (Fsp3) is 0.944. The van der Waals surface area contributed by atoms with Crippen LogP contribution in [0.5, 0.6) is 0 Å². The molecule has 0 spiro atoms. The van der Waals surface area contributed by atoms with Crippen LogP contribution in [0.4, 0.5) is 0 Å². The molecule has 1 aliphatic rings. The van der Waals surface area contributed by atoms with Crippen LogP contribution in [-0.4, -0.2) is 5.78 Å². The molecular formula is C18H34O. The van der Waals surface area contributed by atoms with E-state index in [0.717, 1.165) is 43.4 Å². The lowest BCUT2D eigenvalue weighted by Crippen LogP contribution is -2.21. The molecule has 1 heteroatoms. The molecule has 0 aromatic carbocycles. The smallest absolute Gasteiger partial charge is 0.135 e. The number of carbonyl (C=O) groups excluding carboxylic acids is 1. The highest BCUT2D eigenvalue weighted by molar-refractivity contribution is 5.81. The van der Waals surface area contributed by atoms with Crippen molar-refractivity contribution < 1.29 is 4.79 Å². The van der Waals surface area contributed by atoms with Crippen molar-refractivity contribution in [3.8, 4) is 0 Å². The number of hydrogen-bond donors (Lipinski definition) is 0. The molecule has 0 radical (unpaired) electrons. The van der Waals surface area contributed by atoms with Gasteiger partial charge in [0, 0.05) is 12.3 Å². The molecule has 0 heterocycles. The van der Waals surface area contributed by atoms with E-state index in [2.05, 4.69) is 27.7 Å². The van der Waals surface area contributed by atoms with Crippen molar-refractivity contribution in [3.05, 3.63) is 0 Å². The molecule has 19 heavy (non-hydrogen) atoms. The summed E-state index contributed by atoms with van der Waals surface area (Å²) in [6, 6.07) is 0. The molecule has 1 unspecified atom stereocenters. The Morgan fingerprint density at radius 1 is 1.05 bits per heavy atom. The minimum absolute atomic E-state index is 0.402. The molecule has 0 bridgehead atoms. The van der Waals surface area contributed by atoms with Crippen molar-refractivity contribution in [2.45, 2.75) is 85.5 Å². The fourth-order valence-corrected chi connectivity index (χ4v) is 3.25. The lowest BCUT2D eigenvalue weighted by molar-refractivity contribution is -0.124. The van der Waals surface area contributed by atoms with E-state index in [1.54, 1.807) is 0 Å². The highest BCUT2D eigenvalue weighted by Crippen LogP contribution is 2.30. The second kappa shape index (κ2) is 8.76. The summed E-state index contributed by atoms with van der Waals surface area (Å²) in [5.41, 5.74) is 0. The van der Waals surface area contributed by atoms with Crippen LogP contribution in [0, 0.1) is 23.7 Å². The van der Waals surface area contributed by atoms with E-state index < -0.39 is 0 Å². The van der Waals surface area contributed by atoms with Gasteiger partial charge in [0.2, 0.25) is 0 Å². The Kier molecular flexibility index (Phi) is 7.71. The zero-order valence-corrected chi connectivity index (χ0v) is 13.6. The summed E-state index contributed by atoms with van der Waals surface area (Å²) in [5, 5.41) is 0. The highest BCUT2D eigenvalue weighted by Gasteiger charge is 2.24. The Morgan fingerprint density at radius 3 is 2.21 bits per heavy atom. The summed E-state index contributed by atoms with van der Waals surface area (Å²) in [4.78, 5) is 12.3. The number of rotatable bonds is 8. The van der Waals surface area contributed by atoms with Crippen LogP contribution in [0.15, 0.2) is 0 Å². The van der Waals surface area contributed by atoms with Gasteiger partial charge in [-0.3, -0.25) is 4.79 Å². The van der Waals surface area contributed by atoms with Gasteiger partial charge in [-0.1, -0.05) is 59.8 Å². The summed E-state index contributed by atoms with van der Waals surface area (Å²) >= 11 is 0. The first kappa shape index (κ1) is 16.7. The first-order chi connectivity index (χ1) is 9.02. The molecule has 112 valence electrons. The molecule has 1 fully saturated rings. The van der Waals surface area contributed by atoms with Crippen molar-refractivity contribution in [2.24, 2.45) is 23.7 Å². The topological polar surface area (TPSA) is 17.1 Å². The first-order valence-electron chi connectivity index (χ1n) is 8.55. The number of Topliss-reactive ketones (excluding diaryl/α,β-unsaturated/α-hetero) is 1. The van der Waals surface area contributed by atoms with Crippen molar-refractivity contribution in [3.63, 3.8) is 0 Å². The summed E-state index contributed by atoms with van der Waals surface area (Å²) in [5.74, 6) is 3.38. The Hall–Kier alpha value is -0.330. The summed E-state index contributed by atoms with van der Waals surface area (Å²) < 4.78 is 0. The third-order valence-corrected chi connectivity index (χ3v) is 5.00.